The lowest BCUT2D eigenvalue weighted by Crippen LogP contribution is -2.83. The number of piperidine rings is 1. The molecule has 1 aromatic rings. The standard InChI is InChI=1S/C25H33NO5/c1-21(2,3)22(4,29)15-12-23-8-9-25(15,30-5)20-24(23)10-11-26-19(23)17(28)13-6-7-14(27)18(31-20)16(13)24/h6-7,15,19-20,26-27,29H,8-12H2,1-5H3/t15-,19-,20-,22?,23-,24+,25-/m1/s1. The van der Waals surface area contributed by atoms with E-state index in [0.29, 0.717) is 17.7 Å². The summed E-state index contributed by atoms with van der Waals surface area (Å²) in [7, 11) is 1.74. The van der Waals surface area contributed by atoms with Gasteiger partial charge in [-0.1, -0.05) is 20.8 Å². The van der Waals surface area contributed by atoms with Gasteiger partial charge in [-0.25, -0.2) is 0 Å². The lowest BCUT2D eigenvalue weighted by Gasteiger charge is -2.73. The van der Waals surface area contributed by atoms with Gasteiger partial charge in [0.05, 0.1) is 11.6 Å². The number of hydrogen-bond acceptors (Lipinski definition) is 6. The smallest absolute Gasteiger partial charge is 0.180 e. The van der Waals surface area contributed by atoms with Crippen molar-refractivity contribution < 1.29 is 24.5 Å². The van der Waals surface area contributed by atoms with Crippen LogP contribution in [0.1, 0.15) is 69.3 Å². The van der Waals surface area contributed by atoms with Gasteiger partial charge >= 0.3 is 0 Å². The van der Waals surface area contributed by atoms with Crippen LogP contribution in [-0.2, 0) is 10.2 Å². The SMILES string of the molecule is CO[C@]12CC[C@@]3(C[C@@H]1C(C)(O)C(C)(C)C)[C@@H]1NCC[C@@]34c3c(ccc(O)c3O[C@@H]24)C1=O. The van der Waals surface area contributed by atoms with E-state index in [1.807, 2.05) is 6.92 Å². The maximum absolute atomic E-state index is 13.8. The average Bonchev–Trinajstić information content (AvgIpc) is 3.08. The fourth-order valence-electron chi connectivity index (χ4n) is 8.35. The highest BCUT2D eigenvalue weighted by Gasteiger charge is 2.82. The fourth-order valence-corrected chi connectivity index (χ4v) is 8.35. The van der Waals surface area contributed by atoms with Crippen LogP contribution >= 0.6 is 0 Å². The number of benzene rings is 1. The summed E-state index contributed by atoms with van der Waals surface area (Å²) in [5.74, 6) is 0.439. The number of aliphatic hydroxyl groups is 1. The first-order valence-electron chi connectivity index (χ1n) is 11.6. The largest absolute Gasteiger partial charge is 0.504 e. The van der Waals surface area contributed by atoms with Crippen molar-refractivity contribution in [2.24, 2.45) is 16.7 Å². The Balaban J connectivity index is 1.68. The second-order valence-electron chi connectivity index (χ2n) is 11.8. The number of Topliss-reactive ketones (excluding diaryl/α,β-unsaturated/α-hetero) is 1. The van der Waals surface area contributed by atoms with Gasteiger partial charge in [-0.05, 0) is 56.7 Å². The Labute approximate surface area is 183 Å². The van der Waals surface area contributed by atoms with Gasteiger partial charge in [0.25, 0.3) is 0 Å². The van der Waals surface area contributed by atoms with Crippen molar-refractivity contribution in [2.45, 2.75) is 82.1 Å². The second kappa shape index (κ2) is 5.46. The lowest BCUT2D eigenvalue weighted by atomic mass is 9.33. The summed E-state index contributed by atoms with van der Waals surface area (Å²) in [4.78, 5) is 13.8. The van der Waals surface area contributed by atoms with Crippen LogP contribution in [0, 0.1) is 16.7 Å². The third-order valence-electron chi connectivity index (χ3n) is 10.2. The predicted octanol–water partition coefficient (Wildman–Crippen LogP) is 2.93. The van der Waals surface area contributed by atoms with E-state index in [4.69, 9.17) is 9.47 Å². The third kappa shape index (κ3) is 1.85. The molecule has 6 aliphatic rings. The Kier molecular flexibility index (Phi) is 3.53. The van der Waals surface area contributed by atoms with Crippen molar-refractivity contribution in [3.05, 3.63) is 23.3 Å². The minimum Gasteiger partial charge on any atom is -0.504 e. The molecule has 2 aliphatic heterocycles. The molecule has 1 aromatic carbocycles. The Morgan fingerprint density at radius 1 is 1.19 bits per heavy atom. The van der Waals surface area contributed by atoms with Gasteiger partial charge < -0.3 is 25.0 Å². The number of ether oxygens (including phenoxy) is 2. The van der Waals surface area contributed by atoms with Crippen LogP contribution in [0.5, 0.6) is 11.5 Å². The van der Waals surface area contributed by atoms with Crippen LogP contribution in [0.2, 0.25) is 0 Å². The zero-order valence-corrected chi connectivity index (χ0v) is 19.0. The summed E-state index contributed by atoms with van der Waals surface area (Å²) in [5.41, 5.74) is -1.28. The van der Waals surface area contributed by atoms with Gasteiger partial charge in [0.15, 0.2) is 17.3 Å². The number of methoxy groups -OCH3 is 1. The molecule has 7 atom stereocenters. The maximum Gasteiger partial charge on any atom is 0.180 e. The molecule has 4 bridgehead atoms. The molecule has 3 saturated carbocycles. The highest BCUT2D eigenvalue weighted by molar-refractivity contribution is 6.06. The van der Waals surface area contributed by atoms with E-state index in [1.165, 1.54) is 0 Å². The Hall–Kier alpha value is -1.63. The zero-order chi connectivity index (χ0) is 22.2. The van der Waals surface area contributed by atoms with Crippen molar-refractivity contribution in [1.82, 2.24) is 5.32 Å². The first-order valence-corrected chi connectivity index (χ1v) is 11.6. The molecule has 3 N–H and O–H groups in total. The van der Waals surface area contributed by atoms with E-state index in [9.17, 15) is 15.0 Å². The van der Waals surface area contributed by atoms with E-state index in [0.717, 1.165) is 31.4 Å². The third-order valence-corrected chi connectivity index (χ3v) is 10.2. The quantitative estimate of drug-likeness (QED) is 0.673. The minimum atomic E-state index is -1.03. The molecule has 1 saturated heterocycles. The first-order chi connectivity index (χ1) is 14.5. The molecule has 0 radical (unpaired) electrons. The number of ketones is 1. The van der Waals surface area contributed by atoms with Crippen LogP contribution < -0.4 is 10.1 Å². The van der Waals surface area contributed by atoms with Crippen molar-refractivity contribution >= 4 is 5.78 Å². The van der Waals surface area contributed by atoms with E-state index >= 15 is 0 Å². The van der Waals surface area contributed by atoms with Crippen molar-refractivity contribution in [3.63, 3.8) is 0 Å². The molecule has 0 amide bonds. The van der Waals surface area contributed by atoms with E-state index in [2.05, 4.69) is 26.1 Å². The Morgan fingerprint density at radius 2 is 1.94 bits per heavy atom. The molecular formula is C25H33NO5. The number of carbonyl (C=O) groups is 1. The lowest BCUT2D eigenvalue weighted by molar-refractivity contribution is -0.299. The summed E-state index contributed by atoms with van der Waals surface area (Å²) >= 11 is 0. The number of hydrogen-bond donors (Lipinski definition) is 3. The van der Waals surface area contributed by atoms with Crippen molar-refractivity contribution in [1.29, 1.82) is 0 Å². The van der Waals surface area contributed by atoms with Gasteiger partial charge in [-0.2, -0.15) is 0 Å². The van der Waals surface area contributed by atoms with Crippen LogP contribution in [0.3, 0.4) is 0 Å². The van der Waals surface area contributed by atoms with Crippen LogP contribution in [-0.4, -0.2) is 53.0 Å². The average molecular weight is 428 g/mol. The minimum absolute atomic E-state index is 0.0900. The summed E-state index contributed by atoms with van der Waals surface area (Å²) in [6.45, 7) is 8.83. The van der Waals surface area contributed by atoms with E-state index in [1.54, 1.807) is 19.2 Å². The molecule has 168 valence electrons. The molecule has 4 fully saturated rings. The number of nitrogens with one attached hydrogen (secondary N) is 1. The molecule has 4 aliphatic carbocycles. The molecule has 0 aromatic heterocycles. The normalized spacial score (nSPS) is 43.9. The summed E-state index contributed by atoms with van der Waals surface area (Å²) in [5, 5.41) is 26.3. The molecule has 2 spiro atoms. The maximum atomic E-state index is 13.8. The van der Waals surface area contributed by atoms with Crippen LogP contribution in [0.15, 0.2) is 12.1 Å². The van der Waals surface area contributed by atoms with Crippen molar-refractivity contribution in [2.75, 3.05) is 13.7 Å². The van der Waals surface area contributed by atoms with Gasteiger partial charge in [-0.15, -0.1) is 0 Å². The van der Waals surface area contributed by atoms with Gasteiger partial charge in [0.1, 0.15) is 11.7 Å². The fraction of sp³-hybridized carbons (Fsp3) is 0.720. The Morgan fingerprint density at radius 3 is 2.61 bits per heavy atom. The molecule has 7 rings (SSSR count). The zero-order valence-electron chi connectivity index (χ0n) is 19.0. The number of fused-ring (bicyclic) bond motifs is 2. The van der Waals surface area contributed by atoms with Crippen LogP contribution in [0.25, 0.3) is 0 Å². The summed E-state index contributed by atoms with van der Waals surface area (Å²) < 4.78 is 13.0. The number of rotatable bonds is 2. The molecular weight excluding hydrogens is 394 g/mol. The molecule has 31 heavy (non-hydrogen) atoms. The number of phenols is 1. The van der Waals surface area contributed by atoms with Gasteiger partial charge in [-0.3, -0.25) is 4.79 Å². The number of aromatic hydroxyl groups is 1. The topological polar surface area (TPSA) is 88.0 Å². The predicted molar refractivity (Wildman–Crippen MR) is 115 cm³/mol. The molecule has 6 heteroatoms. The highest BCUT2D eigenvalue weighted by Crippen LogP contribution is 2.77. The van der Waals surface area contributed by atoms with Crippen molar-refractivity contribution in [3.8, 4) is 11.5 Å². The molecule has 6 nitrogen and oxygen atoms in total. The second-order valence-corrected chi connectivity index (χ2v) is 11.8. The highest BCUT2D eigenvalue weighted by atomic mass is 16.6. The van der Waals surface area contributed by atoms with E-state index in [-0.39, 0.29) is 45.8 Å². The summed E-state index contributed by atoms with van der Waals surface area (Å²) in [6, 6.07) is 3.04. The first kappa shape index (κ1) is 20.0. The van der Waals surface area contributed by atoms with Gasteiger partial charge in [0, 0.05) is 35.0 Å². The molecule has 2 heterocycles. The summed E-state index contributed by atoms with van der Waals surface area (Å²) in [6.07, 6.45) is 2.76. The van der Waals surface area contributed by atoms with Gasteiger partial charge in [0.2, 0.25) is 0 Å². The monoisotopic (exact) mass is 427 g/mol. The number of phenolic OH excluding ortho intramolecular Hbond substituents is 1. The Bertz CT molecular complexity index is 1010. The molecule has 1 unspecified atom stereocenters. The van der Waals surface area contributed by atoms with Crippen LogP contribution in [0.4, 0.5) is 0 Å². The van der Waals surface area contributed by atoms with E-state index < -0.39 is 11.2 Å². The number of carbonyl (C=O) groups excluding carboxylic acids is 1.